The van der Waals surface area contributed by atoms with Crippen molar-refractivity contribution in [1.82, 2.24) is 29.7 Å². The summed E-state index contributed by atoms with van der Waals surface area (Å²) in [5.41, 5.74) is 7.02. The first-order chi connectivity index (χ1) is 19.9. The molecule has 14 heteroatoms. The number of hydrogen-bond acceptors (Lipinski definition) is 9. The van der Waals surface area contributed by atoms with Crippen molar-refractivity contribution in [3.63, 3.8) is 0 Å². The number of carboxylic acid groups (broad SMARTS) is 1. The number of nitrogens with two attached hydrogens (primary N) is 1. The predicted octanol–water partition coefficient (Wildman–Crippen LogP) is 5.00. The zero-order chi connectivity index (χ0) is 30.2. The van der Waals surface area contributed by atoms with Crippen LogP contribution in [-0.2, 0) is 11.3 Å². The van der Waals surface area contributed by atoms with E-state index in [1.54, 1.807) is 0 Å². The van der Waals surface area contributed by atoms with Crippen molar-refractivity contribution < 1.29 is 24.2 Å². The molecule has 2 atom stereocenters. The van der Waals surface area contributed by atoms with Gasteiger partial charge >= 0.3 is 6.09 Å². The molecule has 4 N–H and O–H groups in total. The minimum absolute atomic E-state index is 0.0112. The molecular weight excluding hydrogens is 626 g/mol. The van der Waals surface area contributed by atoms with E-state index in [0.717, 1.165) is 33.8 Å². The van der Waals surface area contributed by atoms with Crippen LogP contribution in [-0.4, -0.2) is 67.5 Å². The molecule has 5 rings (SSSR count). The minimum Gasteiger partial charge on any atom is -0.465 e. The number of benzene rings is 1. The predicted molar refractivity (Wildman–Crippen MR) is 162 cm³/mol. The number of nitrogen functional groups attached to an aromatic ring is 1. The Balaban J connectivity index is 1.26. The standard InChI is InChI=1S/C28H36BrN7O5S/c1-15(22(28(2,3)4)34-27(38)39)25(37)35-8-5-16(6-9-35)7-10-36-24-21(23(30)31-13-32-24)33-26(36)42-20-12-19-18(11-17(20)29)40-14-41-19/h11-13,15-16,22,34H,5-10,14H2,1-4H3,(H,38,39)(H2,30,31,32)/t15-,22?/m0/s1. The summed E-state index contributed by atoms with van der Waals surface area (Å²) < 4.78 is 14.0. The number of carbonyl (C=O) groups excluding carboxylic acids is 1. The van der Waals surface area contributed by atoms with Gasteiger partial charge in [0.05, 0.1) is 5.92 Å². The number of carbonyl (C=O) groups is 2. The van der Waals surface area contributed by atoms with Gasteiger partial charge in [0, 0.05) is 35.0 Å². The summed E-state index contributed by atoms with van der Waals surface area (Å²) in [4.78, 5) is 41.0. The van der Waals surface area contributed by atoms with Gasteiger partial charge < -0.3 is 35.1 Å². The summed E-state index contributed by atoms with van der Waals surface area (Å²) >= 11 is 5.13. The van der Waals surface area contributed by atoms with Gasteiger partial charge in [-0.1, -0.05) is 39.5 Å². The molecule has 1 saturated heterocycles. The molecule has 2 amide bonds. The monoisotopic (exact) mass is 661 g/mol. The van der Waals surface area contributed by atoms with Crippen LogP contribution in [0.1, 0.15) is 47.0 Å². The maximum Gasteiger partial charge on any atom is 0.404 e. The van der Waals surface area contributed by atoms with Gasteiger partial charge in [-0.3, -0.25) is 4.79 Å². The van der Waals surface area contributed by atoms with Gasteiger partial charge in [0.1, 0.15) is 6.33 Å². The molecule has 0 saturated carbocycles. The molecule has 1 aromatic carbocycles. The smallest absolute Gasteiger partial charge is 0.404 e. The Morgan fingerprint density at radius 3 is 2.57 bits per heavy atom. The third-order valence-corrected chi connectivity index (χ3v) is 9.91. The van der Waals surface area contributed by atoms with E-state index in [9.17, 15) is 14.7 Å². The highest BCUT2D eigenvalue weighted by atomic mass is 79.9. The zero-order valence-corrected chi connectivity index (χ0v) is 26.5. The Bertz CT molecular complexity index is 1490. The maximum atomic E-state index is 13.3. The highest BCUT2D eigenvalue weighted by Crippen LogP contribution is 2.43. The number of rotatable bonds is 8. The van der Waals surface area contributed by atoms with Crippen LogP contribution in [0.25, 0.3) is 11.2 Å². The van der Waals surface area contributed by atoms with E-state index in [1.807, 2.05) is 44.7 Å². The summed E-state index contributed by atoms with van der Waals surface area (Å²) in [5.74, 6) is 1.65. The summed E-state index contributed by atoms with van der Waals surface area (Å²) in [7, 11) is 0. The first-order valence-corrected chi connectivity index (χ1v) is 15.5. The zero-order valence-electron chi connectivity index (χ0n) is 24.1. The number of amides is 2. The first kappa shape index (κ1) is 30.2. The molecule has 0 bridgehead atoms. The van der Waals surface area contributed by atoms with E-state index in [4.69, 9.17) is 20.2 Å². The topological polar surface area (TPSA) is 158 Å². The molecule has 1 fully saturated rings. The third kappa shape index (κ3) is 6.38. The fourth-order valence-corrected chi connectivity index (χ4v) is 7.21. The second kappa shape index (κ2) is 12.2. The Morgan fingerprint density at radius 2 is 1.90 bits per heavy atom. The molecule has 0 spiro atoms. The second-order valence-corrected chi connectivity index (χ2v) is 13.7. The fraction of sp³-hybridized carbons (Fsp3) is 0.536. The lowest BCUT2D eigenvalue weighted by Crippen LogP contribution is -2.53. The van der Waals surface area contributed by atoms with Crippen molar-refractivity contribution >= 4 is 56.7 Å². The number of aryl methyl sites for hydroxylation is 1. The number of nitrogens with one attached hydrogen (secondary N) is 1. The number of imidazole rings is 1. The molecule has 3 aromatic rings. The summed E-state index contributed by atoms with van der Waals surface area (Å²) in [6.07, 6.45) is 2.95. The molecule has 42 heavy (non-hydrogen) atoms. The molecule has 0 aliphatic carbocycles. The minimum atomic E-state index is -1.12. The number of hydrogen-bond donors (Lipinski definition) is 3. The molecule has 4 heterocycles. The highest BCUT2D eigenvalue weighted by Gasteiger charge is 2.37. The van der Waals surface area contributed by atoms with Gasteiger partial charge in [-0.15, -0.1) is 0 Å². The third-order valence-electron chi connectivity index (χ3n) is 7.94. The van der Waals surface area contributed by atoms with E-state index in [1.165, 1.54) is 18.1 Å². The van der Waals surface area contributed by atoms with Crippen LogP contribution in [0.15, 0.2) is 33.0 Å². The summed E-state index contributed by atoms with van der Waals surface area (Å²) in [6, 6.07) is 3.34. The maximum absolute atomic E-state index is 13.3. The molecule has 226 valence electrons. The number of fused-ring (bicyclic) bond motifs is 2. The number of halogens is 1. The van der Waals surface area contributed by atoms with Crippen LogP contribution in [0.5, 0.6) is 11.5 Å². The van der Waals surface area contributed by atoms with Gasteiger partial charge in [0.25, 0.3) is 0 Å². The van der Waals surface area contributed by atoms with E-state index in [-0.39, 0.29) is 12.7 Å². The Morgan fingerprint density at radius 1 is 1.21 bits per heavy atom. The fourth-order valence-electron chi connectivity index (χ4n) is 5.70. The van der Waals surface area contributed by atoms with Crippen molar-refractivity contribution in [3.8, 4) is 11.5 Å². The van der Waals surface area contributed by atoms with Crippen LogP contribution < -0.4 is 20.5 Å². The second-order valence-electron chi connectivity index (χ2n) is 11.9. The van der Waals surface area contributed by atoms with E-state index < -0.39 is 23.5 Å². The molecule has 0 radical (unpaired) electrons. The number of ether oxygens (including phenoxy) is 2. The Hall–Kier alpha value is -3.26. The average molecular weight is 663 g/mol. The average Bonchev–Trinajstić information content (AvgIpc) is 3.54. The lowest BCUT2D eigenvalue weighted by Gasteiger charge is -2.39. The molecule has 2 aliphatic heterocycles. The van der Waals surface area contributed by atoms with Crippen LogP contribution >= 0.6 is 27.7 Å². The lowest BCUT2D eigenvalue weighted by molar-refractivity contribution is -0.138. The molecular formula is C28H36BrN7O5S. The molecule has 2 aliphatic rings. The van der Waals surface area contributed by atoms with Crippen molar-refractivity contribution in [2.24, 2.45) is 17.3 Å². The van der Waals surface area contributed by atoms with Crippen molar-refractivity contribution in [2.45, 2.75) is 69.6 Å². The van der Waals surface area contributed by atoms with Gasteiger partial charge in [-0.2, -0.15) is 0 Å². The van der Waals surface area contributed by atoms with Gasteiger partial charge in [-0.05, 0) is 58.7 Å². The van der Waals surface area contributed by atoms with Crippen LogP contribution in [0, 0.1) is 17.3 Å². The highest BCUT2D eigenvalue weighted by molar-refractivity contribution is 9.10. The van der Waals surface area contributed by atoms with E-state index >= 15 is 0 Å². The van der Waals surface area contributed by atoms with Gasteiger partial charge in [-0.25, -0.2) is 19.7 Å². The SMILES string of the molecule is C[C@H](C(=O)N1CCC(CCn2c(Sc3cc4c(cc3Br)OCO4)nc3c(N)ncnc32)CC1)C(NC(=O)O)C(C)(C)C. The van der Waals surface area contributed by atoms with Crippen LogP contribution in [0.2, 0.25) is 0 Å². The Kier molecular flexibility index (Phi) is 8.74. The van der Waals surface area contributed by atoms with E-state index in [2.05, 4.69) is 35.8 Å². The number of anilines is 1. The molecule has 1 unspecified atom stereocenters. The van der Waals surface area contributed by atoms with Crippen LogP contribution in [0.3, 0.4) is 0 Å². The van der Waals surface area contributed by atoms with Gasteiger partial charge in [0.15, 0.2) is 33.6 Å². The Labute approximate surface area is 256 Å². The lowest BCUT2D eigenvalue weighted by atomic mass is 9.78. The number of piperidine rings is 1. The van der Waals surface area contributed by atoms with Crippen LogP contribution in [0.4, 0.5) is 10.6 Å². The molecule has 12 nitrogen and oxygen atoms in total. The largest absolute Gasteiger partial charge is 0.465 e. The summed E-state index contributed by atoms with van der Waals surface area (Å²) in [6.45, 7) is 9.81. The quantitative estimate of drug-likeness (QED) is 0.300. The van der Waals surface area contributed by atoms with E-state index in [0.29, 0.717) is 54.0 Å². The van der Waals surface area contributed by atoms with Crippen molar-refractivity contribution in [1.29, 1.82) is 0 Å². The summed E-state index contributed by atoms with van der Waals surface area (Å²) in [5, 5.41) is 12.6. The van der Waals surface area contributed by atoms with Gasteiger partial charge in [0.2, 0.25) is 12.7 Å². The number of nitrogens with zero attached hydrogens (tertiary/aromatic N) is 5. The number of aromatic nitrogens is 4. The first-order valence-electron chi connectivity index (χ1n) is 13.9. The number of likely N-dealkylation sites (tertiary alicyclic amines) is 1. The molecule has 2 aromatic heterocycles. The van der Waals surface area contributed by atoms with Crippen molar-refractivity contribution in [2.75, 3.05) is 25.6 Å². The van der Waals surface area contributed by atoms with Crippen molar-refractivity contribution in [3.05, 3.63) is 22.9 Å². The normalized spacial score (nSPS) is 16.9.